The maximum Gasteiger partial charge on any atom is 0.260 e. The van der Waals surface area contributed by atoms with E-state index in [4.69, 9.17) is 5.84 Å². The van der Waals surface area contributed by atoms with Crippen molar-refractivity contribution in [2.75, 3.05) is 5.75 Å². The Morgan fingerprint density at radius 2 is 2.47 bits per heavy atom. The number of thioether (sulfide) groups is 1. The van der Waals surface area contributed by atoms with Crippen molar-refractivity contribution in [2.24, 2.45) is 5.84 Å². The lowest BCUT2D eigenvalue weighted by atomic mass is 10.4. The molecule has 0 saturated carbocycles. The summed E-state index contributed by atoms with van der Waals surface area (Å²) in [4.78, 5) is 31.3. The molecule has 4 N–H and O–H groups in total. The van der Waals surface area contributed by atoms with Crippen molar-refractivity contribution in [1.29, 1.82) is 0 Å². The van der Waals surface area contributed by atoms with Crippen molar-refractivity contribution in [3.8, 4) is 0 Å². The van der Waals surface area contributed by atoms with Crippen molar-refractivity contribution in [1.82, 2.24) is 15.4 Å². The Morgan fingerprint density at radius 3 is 3.18 bits per heavy atom. The molecule has 0 aliphatic heterocycles. The number of carbonyl (C=O) groups excluding carboxylic acids is 1. The Kier molecular flexibility index (Phi) is 3.46. The van der Waals surface area contributed by atoms with Gasteiger partial charge in [-0.15, -0.1) is 11.3 Å². The number of fused-ring (bicyclic) bond motifs is 1. The summed E-state index contributed by atoms with van der Waals surface area (Å²) in [5, 5.41) is 1.01. The van der Waals surface area contributed by atoms with Crippen LogP contribution in [-0.2, 0) is 4.79 Å². The Bertz CT molecular complexity index is 619. The van der Waals surface area contributed by atoms with E-state index in [-0.39, 0.29) is 17.2 Å². The molecule has 2 rings (SSSR count). The van der Waals surface area contributed by atoms with E-state index >= 15 is 0 Å². The van der Waals surface area contributed by atoms with E-state index in [9.17, 15) is 9.59 Å². The van der Waals surface area contributed by atoms with Crippen LogP contribution in [-0.4, -0.2) is 21.6 Å². The molecule has 2 aromatic heterocycles. The van der Waals surface area contributed by atoms with Crippen molar-refractivity contribution >= 4 is 39.2 Å². The van der Waals surface area contributed by atoms with Crippen LogP contribution >= 0.6 is 23.1 Å². The van der Waals surface area contributed by atoms with E-state index in [0.717, 1.165) is 16.6 Å². The molecule has 0 aliphatic rings. The van der Waals surface area contributed by atoms with Gasteiger partial charge in [-0.25, -0.2) is 10.8 Å². The lowest BCUT2D eigenvalue weighted by Crippen LogP contribution is -2.31. The SMILES string of the molecule is Cc1cc2c(=O)[nH]c(SCC(=O)NN)nc2s1. The Labute approximate surface area is 105 Å². The van der Waals surface area contributed by atoms with Crippen LogP contribution in [0, 0.1) is 6.92 Å². The highest BCUT2D eigenvalue weighted by molar-refractivity contribution is 7.99. The van der Waals surface area contributed by atoms with E-state index in [1.54, 1.807) is 6.07 Å². The highest BCUT2D eigenvalue weighted by Crippen LogP contribution is 2.22. The smallest absolute Gasteiger partial charge is 0.260 e. The van der Waals surface area contributed by atoms with Crippen LogP contribution in [0.15, 0.2) is 16.0 Å². The monoisotopic (exact) mass is 270 g/mol. The van der Waals surface area contributed by atoms with Gasteiger partial charge in [0, 0.05) is 4.88 Å². The average Bonchev–Trinajstić information content (AvgIpc) is 2.67. The highest BCUT2D eigenvalue weighted by Gasteiger charge is 2.08. The number of hydrazine groups is 1. The first-order valence-electron chi connectivity index (χ1n) is 4.73. The number of amides is 1. The minimum Gasteiger partial charge on any atom is -0.301 e. The molecule has 8 heteroatoms. The number of aromatic amines is 1. The lowest BCUT2D eigenvalue weighted by molar-refractivity contribution is -0.118. The summed E-state index contributed by atoms with van der Waals surface area (Å²) in [7, 11) is 0. The molecule has 90 valence electrons. The quantitative estimate of drug-likeness (QED) is 0.246. The molecule has 0 unspecified atom stereocenters. The van der Waals surface area contributed by atoms with Gasteiger partial charge in [-0.05, 0) is 13.0 Å². The van der Waals surface area contributed by atoms with E-state index in [2.05, 4.69) is 9.97 Å². The number of carbonyl (C=O) groups is 1. The summed E-state index contributed by atoms with van der Waals surface area (Å²) in [6.45, 7) is 1.92. The number of hydrogen-bond acceptors (Lipinski definition) is 6. The van der Waals surface area contributed by atoms with E-state index in [1.165, 1.54) is 11.3 Å². The van der Waals surface area contributed by atoms with Crippen LogP contribution in [0.2, 0.25) is 0 Å². The first-order chi connectivity index (χ1) is 8.10. The van der Waals surface area contributed by atoms with E-state index in [1.807, 2.05) is 12.3 Å². The molecule has 17 heavy (non-hydrogen) atoms. The largest absolute Gasteiger partial charge is 0.301 e. The molecular weight excluding hydrogens is 260 g/mol. The van der Waals surface area contributed by atoms with E-state index in [0.29, 0.717) is 15.4 Å². The maximum absolute atomic E-state index is 11.7. The number of nitrogens with zero attached hydrogens (tertiary/aromatic N) is 1. The second-order valence-corrected chi connectivity index (χ2v) is 5.50. The molecule has 0 atom stereocenters. The fraction of sp³-hybridized carbons (Fsp3) is 0.222. The predicted molar refractivity (Wildman–Crippen MR) is 68.0 cm³/mol. The van der Waals surface area contributed by atoms with Crippen molar-refractivity contribution < 1.29 is 4.79 Å². The molecular formula is C9H10N4O2S2. The number of H-pyrrole nitrogens is 1. The predicted octanol–water partition coefficient (Wildman–Crippen LogP) is 0.375. The average molecular weight is 270 g/mol. The lowest BCUT2D eigenvalue weighted by Gasteiger charge is -1.99. The van der Waals surface area contributed by atoms with Crippen LogP contribution < -0.4 is 16.8 Å². The third-order valence-electron chi connectivity index (χ3n) is 2.00. The van der Waals surface area contributed by atoms with Crippen molar-refractivity contribution in [2.45, 2.75) is 12.1 Å². The Balaban J connectivity index is 2.30. The van der Waals surface area contributed by atoms with Gasteiger partial charge in [-0.3, -0.25) is 15.0 Å². The zero-order chi connectivity index (χ0) is 12.4. The standard InChI is InChI=1S/C9H10N4O2S2/c1-4-2-5-7(15)11-9(12-8(5)17-4)16-3-6(14)13-10/h2H,3,10H2,1H3,(H,13,14)(H,11,12,15). The zero-order valence-corrected chi connectivity index (χ0v) is 10.6. The number of thiophene rings is 1. The van der Waals surface area contributed by atoms with Gasteiger partial charge in [0.15, 0.2) is 5.16 Å². The van der Waals surface area contributed by atoms with Crippen LogP contribution in [0.5, 0.6) is 0 Å². The second kappa shape index (κ2) is 4.86. The fourth-order valence-electron chi connectivity index (χ4n) is 1.28. The fourth-order valence-corrected chi connectivity index (χ4v) is 2.89. The molecule has 1 amide bonds. The molecule has 0 fully saturated rings. The zero-order valence-electron chi connectivity index (χ0n) is 8.94. The van der Waals surface area contributed by atoms with E-state index < -0.39 is 0 Å². The Morgan fingerprint density at radius 1 is 1.71 bits per heavy atom. The summed E-state index contributed by atoms with van der Waals surface area (Å²) >= 11 is 2.59. The first-order valence-corrected chi connectivity index (χ1v) is 6.53. The van der Waals surface area contributed by atoms with Crippen LogP contribution in [0.1, 0.15) is 4.88 Å². The molecule has 0 aliphatic carbocycles. The highest BCUT2D eigenvalue weighted by atomic mass is 32.2. The number of hydrogen-bond donors (Lipinski definition) is 3. The molecule has 0 saturated heterocycles. The molecule has 0 radical (unpaired) electrons. The van der Waals surface area contributed by atoms with Crippen molar-refractivity contribution in [3.63, 3.8) is 0 Å². The summed E-state index contributed by atoms with van der Waals surface area (Å²) in [6.07, 6.45) is 0. The minimum absolute atomic E-state index is 0.120. The molecule has 0 spiro atoms. The topological polar surface area (TPSA) is 101 Å². The van der Waals surface area contributed by atoms with Gasteiger partial charge in [-0.2, -0.15) is 0 Å². The third kappa shape index (κ3) is 2.65. The summed E-state index contributed by atoms with van der Waals surface area (Å²) in [5.74, 6) is 4.76. The third-order valence-corrected chi connectivity index (χ3v) is 3.82. The van der Waals surface area contributed by atoms with Crippen LogP contribution in [0.4, 0.5) is 0 Å². The molecule has 0 bridgehead atoms. The van der Waals surface area contributed by atoms with Gasteiger partial charge in [0.1, 0.15) is 4.83 Å². The first kappa shape index (κ1) is 12.1. The molecule has 0 aromatic carbocycles. The summed E-state index contributed by atoms with van der Waals surface area (Å²) < 4.78 is 0. The molecule has 2 heterocycles. The Hall–Kier alpha value is -1.38. The molecule has 6 nitrogen and oxygen atoms in total. The normalized spacial score (nSPS) is 10.7. The maximum atomic E-state index is 11.7. The number of rotatable bonds is 3. The minimum atomic E-state index is -0.319. The number of nitrogens with one attached hydrogen (secondary N) is 2. The van der Waals surface area contributed by atoms with Gasteiger partial charge >= 0.3 is 0 Å². The molecule has 2 aromatic rings. The van der Waals surface area contributed by atoms with Crippen LogP contribution in [0.25, 0.3) is 10.2 Å². The number of aryl methyl sites for hydroxylation is 1. The van der Waals surface area contributed by atoms with Gasteiger partial charge in [0.2, 0.25) is 5.91 Å². The summed E-state index contributed by atoms with van der Waals surface area (Å²) in [6, 6.07) is 1.80. The summed E-state index contributed by atoms with van der Waals surface area (Å²) in [5.41, 5.74) is 1.83. The van der Waals surface area contributed by atoms with Gasteiger partial charge in [0.05, 0.1) is 11.1 Å². The van der Waals surface area contributed by atoms with Gasteiger partial charge in [0.25, 0.3) is 5.56 Å². The second-order valence-electron chi connectivity index (χ2n) is 3.30. The van der Waals surface area contributed by atoms with Gasteiger partial charge < -0.3 is 4.98 Å². The number of nitrogens with two attached hydrogens (primary N) is 1. The number of aromatic nitrogens is 2. The van der Waals surface area contributed by atoms with Crippen molar-refractivity contribution in [3.05, 3.63) is 21.3 Å². The van der Waals surface area contributed by atoms with Crippen LogP contribution in [0.3, 0.4) is 0 Å². The van der Waals surface area contributed by atoms with Gasteiger partial charge in [-0.1, -0.05) is 11.8 Å².